The van der Waals surface area contributed by atoms with Gasteiger partial charge in [-0.3, -0.25) is 9.59 Å². The predicted molar refractivity (Wildman–Crippen MR) is 81.9 cm³/mol. The molecule has 1 aromatic rings. The largest absolute Gasteiger partial charge is 0.468 e. The number of anilines is 1. The molecule has 6 heteroatoms. The molecular formula is C14H20N2O3S. The third-order valence-corrected chi connectivity index (χ3v) is 3.84. The van der Waals surface area contributed by atoms with Crippen LogP contribution in [0.15, 0.2) is 18.2 Å². The molecule has 0 aromatic heterocycles. The molecule has 0 spiro atoms. The number of hydrogen-bond donors (Lipinski definition) is 2. The molecule has 0 aliphatic carbocycles. The van der Waals surface area contributed by atoms with E-state index in [1.165, 1.54) is 18.9 Å². The highest BCUT2D eigenvalue weighted by molar-refractivity contribution is 8.00. The number of thioether (sulfide) groups is 1. The first kappa shape index (κ1) is 16.5. The summed E-state index contributed by atoms with van der Waals surface area (Å²) in [5.74, 6) is 0.0304. The summed E-state index contributed by atoms with van der Waals surface area (Å²) in [6.07, 6.45) is 0. The number of aryl methyl sites for hydroxylation is 2. The van der Waals surface area contributed by atoms with Crippen molar-refractivity contribution in [1.82, 2.24) is 0 Å². The second-order valence-electron chi connectivity index (χ2n) is 4.46. The molecule has 0 fully saturated rings. The molecule has 20 heavy (non-hydrogen) atoms. The molecule has 0 aliphatic rings. The summed E-state index contributed by atoms with van der Waals surface area (Å²) in [5, 5.41) is 2.88. The number of nitrogens with two attached hydrogens (primary N) is 1. The van der Waals surface area contributed by atoms with Gasteiger partial charge in [0.05, 0.1) is 12.9 Å². The minimum Gasteiger partial charge on any atom is -0.468 e. The molecule has 0 saturated carbocycles. The van der Waals surface area contributed by atoms with Crippen LogP contribution in [0.1, 0.15) is 11.1 Å². The first-order chi connectivity index (χ1) is 9.45. The van der Waals surface area contributed by atoms with Gasteiger partial charge in [-0.1, -0.05) is 18.2 Å². The van der Waals surface area contributed by atoms with E-state index >= 15 is 0 Å². The van der Waals surface area contributed by atoms with E-state index in [-0.39, 0.29) is 11.7 Å². The van der Waals surface area contributed by atoms with Crippen molar-refractivity contribution in [3.8, 4) is 0 Å². The quantitative estimate of drug-likeness (QED) is 0.777. The molecular weight excluding hydrogens is 276 g/mol. The van der Waals surface area contributed by atoms with Gasteiger partial charge in [0.15, 0.2) is 0 Å². The molecule has 110 valence electrons. The second kappa shape index (κ2) is 7.91. The fourth-order valence-electron chi connectivity index (χ4n) is 1.69. The molecule has 0 radical (unpaired) electrons. The maximum Gasteiger partial charge on any atom is 0.323 e. The summed E-state index contributed by atoms with van der Waals surface area (Å²) in [4.78, 5) is 23.0. The summed E-state index contributed by atoms with van der Waals surface area (Å²) in [7, 11) is 1.29. The van der Waals surface area contributed by atoms with Crippen LogP contribution in [0.3, 0.4) is 0 Å². The maximum atomic E-state index is 11.8. The Labute approximate surface area is 123 Å². The van der Waals surface area contributed by atoms with E-state index in [2.05, 4.69) is 10.1 Å². The van der Waals surface area contributed by atoms with Crippen LogP contribution in [0.4, 0.5) is 5.69 Å². The Morgan fingerprint density at radius 3 is 2.50 bits per heavy atom. The highest BCUT2D eigenvalue weighted by atomic mass is 32.2. The van der Waals surface area contributed by atoms with E-state index in [0.29, 0.717) is 5.75 Å². The second-order valence-corrected chi connectivity index (χ2v) is 5.49. The molecule has 1 rings (SSSR count). The van der Waals surface area contributed by atoms with E-state index in [0.717, 1.165) is 16.8 Å². The average molecular weight is 296 g/mol. The van der Waals surface area contributed by atoms with Crippen LogP contribution in [0.2, 0.25) is 0 Å². The minimum absolute atomic E-state index is 0.107. The zero-order valence-electron chi connectivity index (χ0n) is 11.9. The van der Waals surface area contributed by atoms with Gasteiger partial charge in [0.25, 0.3) is 0 Å². The van der Waals surface area contributed by atoms with Crippen LogP contribution < -0.4 is 11.1 Å². The molecule has 5 nitrogen and oxygen atoms in total. The number of carbonyl (C=O) groups excluding carboxylic acids is 2. The molecule has 0 saturated heterocycles. The number of esters is 1. The monoisotopic (exact) mass is 296 g/mol. The van der Waals surface area contributed by atoms with Gasteiger partial charge in [0.1, 0.15) is 6.04 Å². The van der Waals surface area contributed by atoms with Gasteiger partial charge in [0, 0.05) is 11.4 Å². The van der Waals surface area contributed by atoms with Crippen molar-refractivity contribution in [2.45, 2.75) is 19.9 Å². The summed E-state index contributed by atoms with van der Waals surface area (Å²) < 4.78 is 4.52. The fourth-order valence-corrected chi connectivity index (χ4v) is 2.45. The van der Waals surface area contributed by atoms with E-state index in [1.54, 1.807) is 0 Å². The Morgan fingerprint density at radius 2 is 1.95 bits per heavy atom. The Balaban J connectivity index is 2.43. The fraction of sp³-hybridized carbons (Fsp3) is 0.429. The number of carbonyl (C=O) groups is 2. The lowest BCUT2D eigenvalue weighted by Gasteiger charge is -2.12. The number of hydrogen-bond acceptors (Lipinski definition) is 5. The number of para-hydroxylation sites is 1. The first-order valence-electron chi connectivity index (χ1n) is 6.23. The van der Waals surface area contributed by atoms with Crippen molar-refractivity contribution in [3.05, 3.63) is 29.3 Å². The summed E-state index contributed by atoms with van der Waals surface area (Å²) in [6.45, 7) is 3.89. The zero-order chi connectivity index (χ0) is 15.1. The first-order valence-corrected chi connectivity index (χ1v) is 7.38. The molecule has 1 atom stereocenters. The van der Waals surface area contributed by atoms with Gasteiger partial charge in [-0.25, -0.2) is 0 Å². The van der Waals surface area contributed by atoms with Crippen LogP contribution in [0.25, 0.3) is 0 Å². The van der Waals surface area contributed by atoms with Gasteiger partial charge in [-0.15, -0.1) is 11.8 Å². The van der Waals surface area contributed by atoms with Gasteiger partial charge in [-0.2, -0.15) is 0 Å². The lowest BCUT2D eigenvalue weighted by molar-refractivity contribution is -0.141. The van der Waals surface area contributed by atoms with Crippen LogP contribution in [0.5, 0.6) is 0 Å². The number of ether oxygens (including phenoxy) is 1. The van der Waals surface area contributed by atoms with Gasteiger partial charge >= 0.3 is 5.97 Å². The third kappa shape index (κ3) is 4.86. The van der Waals surface area contributed by atoms with Crippen molar-refractivity contribution >= 4 is 29.3 Å². The number of amides is 1. The smallest absolute Gasteiger partial charge is 0.323 e. The molecule has 3 N–H and O–H groups in total. The number of methoxy groups -OCH3 is 1. The van der Waals surface area contributed by atoms with E-state index in [1.807, 2.05) is 32.0 Å². The number of rotatable bonds is 6. The predicted octanol–water partition coefficient (Wildman–Crippen LogP) is 1.48. The summed E-state index contributed by atoms with van der Waals surface area (Å²) in [6, 6.07) is 5.15. The normalized spacial score (nSPS) is 11.8. The summed E-state index contributed by atoms with van der Waals surface area (Å²) >= 11 is 1.31. The Kier molecular flexibility index (Phi) is 6.54. The molecule has 1 amide bonds. The third-order valence-electron chi connectivity index (χ3n) is 2.78. The van der Waals surface area contributed by atoms with Crippen molar-refractivity contribution in [2.75, 3.05) is 23.9 Å². The zero-order valence-corrected chi connectivity index (χ0v) is 12.8. The average Bonchev–Trinajstić information content (AvgIpc) is 2.42. The molecule has 0 heterocycles. The van der Waals surface area contributed by atoms with Crippen LogP contribution in [-0.4, -0.2) is 36.5 Å². The van der Waals surface area contributed by atoms with Gasteiger partial charge in [-0.05, 0) is 25.0 Å². The highest BCUT2D eigenvalue weighted by Gasteiger charge is 2.14. The Hall–Kier alpha value is -1.53. The van der Waals surface area contributed by atoms with Crippen LogP contribution >= 0.6 is 11.8 Å². The van der Waals surface area contributed by atoms with Gasteiger partial charge < -0.3 is 15.8 Å². The van der Waals surface area contributed by atoms with Crippen molar-refractivity contribution in [1.29, 1.82) is 0 Å². The van der Waals surface area contributed by atoms with Crippen molar-refractivity contribution in [3.63, 3.8) is 0 Å². The maximum absolute atomic E-state index is 11.8. The molecule has 0 aliphatic heterocycles. The van der Waals surface area contributed by atoms with E-state index in [9.17, 15) is 9.59 Å². The lowest BCUT2D eigenvalue weighted by atomic mass is 10.1. The summed E-state index contributed by atoms with van der Waals surface area (Å²) in [5.41, 5.74) is 8.48. The standard InChI is InChI=1S/C14H20N2O3S/c1-9-5-4-6-10(2)13(9)16-12(17)8-20-7-11(15)14(18)19-3/h4-6,11H,7-8,15H2,1-3H3,(H,16,17). The van der Waals surface area contributed by atoms with Crippen molar-refractivity contribution in [2.24, 2.45) is 5.73 Å². The number of benzene rings is 1. The van der Waals surface area contributed by atoms with Crippen LogP contribution in [-0.2, 0) is 14.3 Å². The minimum atomic E-state index is -0.696. The van der Waals surface area contributed by atoms with Crippen LogP contribution in [0, 0.1) is 13.8 Å². The highest BCUT2D eigenvalue weighted by Crippen LogP contribution is 2.19. The van der Waals surface area contributed by atoms with Crippen molar-refractivity contribution < 1.29 is 14.3 Å². The Bertz CT molecular complexity index is 471. The number of nitrogens with one attached hydrogen (secondary N) is 1. The van der Waals surface area contributed by atoms with E-state index < -0.39 is 12.0 Å². The SMILES string of the molecule is COC(=O)C(N)CSCC(=O)Nc1c(C)cccc1C. The van der Waals surface area contributed by atoms with E-state index in [4.69, 9.17) is 5.73 Å². The molecule has 1 unspecified atom stereocenters. The Morgan fingerprint density at radius 1 is 1.35 bits per heavy atom. The lowest BCUT2D eigenvalue weighted by Crippen LogP contribution is -2.34. The molecule has 1 aromatic carbocycles. The topological polar surface area (TPSA) is 81.4 Å². The molecule has 0 bridgehead atoms. The van der Waals surface area contributed by atoms with Gasteiger partial charge in [0.2, 0.25) is 5.91 Å².